The molecule has 88 valence electrons. The molecule has 1 saturated heterocycles. The first kappa shape index (κ1) is 11.1. The molecule has 0 bridgehead atoms. The summed E-state index contributed by atoms with van der Waals surface area (Å²) in [4.78, 5) is 10.8. The van der Waals surface area contributed by atoms with E-state index in [9.17, 15) is 0 Å². The highest BCUT2D eigenvalue weighted by molar-refractivity contribution is 5.32. The molecule has 5 heteroatoms. The third-order valence-electron chi connectivity index (χ3n) is 2.73. The fourth-order valence-corrected chi connectivity index (χ4v) is 1.81. The van der Waals surface area contributed by atoms with Gasteiger partial charge < -0.3 is 15.4 Å². The standard InChI is InChI=1S/C11H18N4O/c1-2-16-10-3-6-13-11(14-10)15-7-4-9(12)5-8-15/h3,6,9H,2,4-5,7-8,12H2,1H3. The summed E-state index contributed by atoms with van der Waals surface area (Å²) in [6, 6.07) is 2.11. The number of piperidine rings is 1. The number of aromatic nitrogens is 2. The van der Waals surface area contributed by atoms with Crippen molar-refractivity contribution in [2.45, 2.75) is 25.8 Å². The molecule has 2 rings (SSSR count). The molecule has 0 unspecified atom stereocenters. The monoisotopic (exact) mass is 222 g/mol. The average Bonchev–Trinajstić information content (AvgIpc) is 2.31. The molecule has 0 aliphatic carbocycles. The summed E-state index contributed by atoms with van der Waals surface area (Å²) in [5.74, 6) is 1.39. The van der Waals surface area contributed by atoms with Gasteiger partial charge in [0.05, 0.1) is 6.61 Å². The van der Waals surface area contributed by atoms with E-state index in [2.05, 4.69) is 14.9 Å². The second-order valence-corrected chi connectivity index (χ2v) is 3.95. The smallest absolute Gasteiger partial charge is 0.228 e. The first-order valence-corrected chi connectivity index (χ1v) is 5.76. The van der Waals surface area contributed by atoms with Gasteiger partial charge in [-0.15, -0.1) is 0 Å². The third-order valence-corrected chi connectivity index (χ3v) is 2.73. The van der Waals surface area contributed by atoms with E-state index in [1.165, 1.54) is 0 Å². The van der Waals surface area contributed by atoms with Gasteiger partial charge in [-0.25, -0.2) is 4.98 Å². The quantitative estimate of drug-likeness (QED) is 0.819. The van der Waals surface area contributed by atoms with Crippen LogP contribution in [0, 0.1) is 0 Å². The molecule has 1 aliphatic heterocycles. The Morgan fingerprint density at radius 1 is 1.50 bits per heavy atom. The number of hydrogen-bond acceptors (Lipinski definition) is 5. The van der Waals surface area contributed by atoms with Crippen molar-refractivity contribution in [1.29, 1.82) is 0 Å². The molecule has 1 aromatic rings. The maximum Gasteiger partial charge on any atom is 0.228 e. The molecule has 2 N–H and O–H groups in total. The van der Waals surface area contributed by atoms with Crippen molar-refractivity contribution in [3.63, 3.8) is 0 Å². The average molecular weight is 222 g/mol. The Hall–Kier alpha value is -1.36. The van der Waals surface area contributed by atoms with Crippen LogP contribution in [0.25, 0.3) is 0 Å². The zero-order valence-electron chi connectivity index (χ0n) is 9.59. The third kappa shape index (κ3) is 2.61. The molecule has 2 heterocycles. The summed E-state index contributed by atoms with van der Waals surface area (Å²) in [6.45, 7) is 4.43. The molecule has 0 saturated carbocycles. The van der Waals surface area contributed by atoms with Crippen LogP contribution in [0.15, 0.2) is 12.3 Å². The van der Waals surface area contributed by atoms with Crippen molar-refractivity contribution in [1.82, 2.24) is 9.97 Å². The number of nitrogens with two attached hydrogens (primary N) is 1. The number of nitrogens with zero attached hydrogens (tertiary/aromatic N) is 3. The minimum atomic E-state index is 0.325. The summed E-state index contributed by atoms with van der Waals surface area (Å²) < 4.78 is 5.36. The maximum atomic E-state index is 5.86. The lowest BCUT2D eigenvalue weighted by atomic mass is 10.1. The minimum absolute atomic E-state index is 0.325. The molecule has 5 nitrogen and oxygen atoms in total. The van der Waals surface area contributed by atoms with Gasteiger partial charge in [-0.1, -0.05) is 0 Å². The lowest BCUT2D eigenvalue weighted by molar-refractivity contribution is 0.326. The highest BCUT2D eigenvalue weighted by atomic mass is 16.5. The molecule has 1 aromatic heterocycles. The van der Waals surface area contributed by atoms with Crippen LogP contribution in [0.1, 0.15) is 19.8 Å². The Balaban J connectivity index is 2.05. The highest BCUT2D eigenvalue weighted by Crippen LogP contribution is 2.17. The summed E-state index contributed by atoms with van der Waals surface area (Å²) in [7, 11) is 0. The van der Waals surface area contributed by atoms with Gasteiger partial charge in [0.15, 0.2) is 0 Å². The van der Waals surface area contributed by atoms with Gasteiger partial charge in [0.2, 0.25) is 11.8 Å². The SMILES string of the molecule is CCOc1ccnc(N2CCC(N)CC2)n1. The lowest BCUT2D eigenvalue weighted by Gasteiger charge is -2.30. The predicted octanol–water partition coefficient (Wildman–Crippen LogP) is 0.803. The molecular formula is C11H18N4O. The number of rotatable bonds is 3. The van der Waals surface area contributed by atoms with E-state index in [-0.39, 0.29) is 0 Å². The molecule has 0 spiro atoms. The molecule has 0 aromatic carbocycles. The van der Waals surface area contributed by atoms with Crippen LogP contribution >= 0.6 is 0 Å². The van der Waals surface area contributed by atoms with Crippen molar-refractivity contribution in [3.8, 4) is 5.88 Å². The van der Waals surface area contributed by atoms with E-state index in [0.29, 0.717) is 18.5 Å². The summed E-state index contributed by atoms with van der Waals surface area (Å²) >= 11 is 0. The van der Waals surface area contributed by atoms with Gasteiger partial charge in [-0.2, -0.15) is 4.98 Å². The Bertz CT molecular complexity index is 337. The first-order chi connectivity index (χ1) is 7.79. The Morgan fingerprint density at radius 3 is 2.94 bits per heavy atom. The van der Waals surface area contributed by atoms with Crippen LogP contribution in [0.3, 0.4) is 0 Å². The van der Waals surface area contributed by atoms with E-state index < -0.39 is 0 Å². The predicted molar refractivity (Wildman–Crippen MR) is 62.6 cm³/mol. The normalized spacial score (nSPS) is 17.5. The topological polar surface area (TPSA) is 64.3 Å². The molecule has 1 aliphatic rings. The number of hydrogen-bond donors (Lipinski definition) is 1. The van der Waals surface area contributed by atoms with Crippen LogP contribution < -0.4 is 15.4 Å². The van der Waals surface area contributed by atoms with Gasteiger partial charge >= 0.3 is 0 Å². The van der Waals surface area contributed by atoms with Crippen LogP contribution in [0.5, 0.6) is 5.88 Å². The van der Waals surface area contributed by atoms with Gasteiger partial charge in [0, 0.05) is 31.4 Å². The maximum absolute atomic E-state index is 5.86. The van der Waals surface area contributed by atoms with Gasteiger partial charge in [0.1, 0.15) is 0 Å². The summed E-state index contributed by atoms with van der Waals surface area (Å²) in [5, 5.41) is 0. The fraction of sp³-hybridized carbons (Fsp3) is 0.636. The Kier molecular flexibility index (Phi) is 3.56. The molecule has 0 radical (unpaired) electrons. The number of ether oxygens (including phenoxy) is 1. The second-order valence-electron chi connectivity index (χ2n) is 3.95. The van der Waals surface area contributed by atoms with Crippen molar-refractivity contribution in [2.75, 3.05) is 24.6 Å². The summed E-state index contributed by atoms with van der Waals surface area (Å²) in [5.41, 5.74) is 5.86. The Morgan fingerprint density at radius 2 is 2.25 bits per heavy atom. The van der Waals surface area contributed by atoms with E-state index in [1.54, 1.807) is 12.3 Å². The number of anilines is 1. The van der Waals surface area contributed by atoms with E-state index in [1.807, 2.05) is 6.92 Å². The van der Waals surface area contributed by atoms with Gasteiger partial charge in [0.25, 0.3) is 0 Å². The zero-order valence-corrected chi connectivity index (χ0v) is 9.59. The van der Waals surface area contributed by atoms with Crippen LogP contribution in [0.2, 0.25) is 0 Å². The van der Waals surface area contributed by atoms with Crippen LogP contribution in [0.4, 0.5) is 5.95 Å². The molecule has 16 heavy (non-hydrogen) atoms. The summed E-state index contributed by atoms with van der Waals surface area (Å²) in [6.07, 6.45) is 3.74. The molecule has 0 amide bonds. The molecule has 0 atom stereocenters. The van der Waals surface area contributed by atoms with E-state index >= 15 is 0 Å². The van der Waals surface area contributed by atoms with E-state index in [4.69, 9.17) is 10.5 Å². The Labute approximate surface area is 95.6 Å². The van der Waals surface area contributed by atoms with Gasteiger partial charge in [-0.05, 0) is 19.8 Å². The van der Waals surface area contributed by atoms with Gasteiger partial charge in [-0.3, -0.25) is 0 Å². The van der Waals surface area contributed by atoms with Crippen LogP contribution in [-0.4, -0.2) is 35.7 Å². The molecular weight excluding hydrogens is 204 g/mol. The molecule has 1 fully saturated rings. The fourth-order valence-electron chi connectivity index (χ4n) is 1.81. The van der Waals surface area contributed by atoms with Crippen molar-refractivity contribution in [2.24, 2.45) is 5.73 Å². The van der Waals surface area contributed by atoms with Crippen molar-refractivity contribution >= 4 is 5.95 Å². The van der Waals surface area contributed by atoms with Crippen LogP contribution in [-0.2, 0) is 0 Å². The largest absolute Gasteiger partial charge is 0.478 e. The van der Waals surface area contributed by atoms with Crippen molar-refractivity contribution < 1.29 is 4.74 Å². The highest BCUT2D eigenvalue weighted by Gasteiger charge is 2.18. The zero-order chi connectivity index (χ0) is 11.4. The van der Waals surface area contributed by atoms with Crippen molar-refractivity contribution in [3.05, 3.63) is 12.3 Å². The minimum Gasteiger partial charge on any atom is -0.478 e. The second kappa shape index (κ2) is 5.12. The first-order valence-electron chi connectivity index (χ1n) is 5.76. The lowest BCUT2D eigenvalue weighted by Crippen LogP contribution is -2.40. The van der Waals surface area contributed by atoms with E-state index in [0.717, 1.165) is 31.9 Å².